The van der Waals surface area contributed by atoms with Gasteiger partial charge in [-0.2, -0.15) is 0 Å². The number of carbonyl (C=O) groups is 1. The zero-order chi connectivity index (χ0) is 21.6. The van der Waals surface area contributed by atoms with Gasteiger partial charge in [0, 0.05) is 18.7 Å². The highest BCUT2D eigenvalue weighted by Crippen LogP contribution is 2.37. The summed E-state index contributed by atoms with van der Waals surface area (Å²) in [6.07, 6.45) is 2.83. The Balaban J connectivity index is 1.80. The van der Waals surface area contributed by atoms with Gasteiger partial charge in [0.25, 0.3) is 0 Å². The van der Waals surface area contributed by atoms with E-state index in [9.17, 15) is 4.79 Å². The van der Waals surface area contributed by atoms with E-state index in [1.54, 1.807) is 7.11 Å². The van der Waals surface area contributed by atoms with E-state index in [1.165, 1.54) is 23.8 Å². The summed E-state index contributed by atoms with van der Waals surface area (Å²) in [5, 5.41) is 0. The number of para-hydroxylation sites is 1. The third kappa shape index (κ3) is 5.11. The Bertz CT molecular complexity index is 876. The number of likely N-dealkylation sites (tertiary alicyclic amines) is 1. The van der Waals surface area contributed by atoms with Crippen molar-refractivity contribution in [3.63, 3.8) is 0 Å². The van der Waals surface area contributed by atoms with Crippen molar-refractivity contribution in [2.24, 2.45) is 5.41 Å². The van der Waals surface area contributed by atoms with Crippen molar-refractivity contribution < 1.29 is 14.3 Å². The number of hydrogen-bond acceptors (Lipinski definition) is 4. The lowest BCUT2D eigenvalue weighted by atomic mass is 9.87. The molecule has 0 spiro atoms. The Morgan fingerprint density at radius 3 is 2.23 bits per heavy atom. The van der Waals surface area contributed by atoms with Gasteiger partial charge in [-0.3, -0.25) is 4.79 Å². The molecule has 1 fully saturated rings. The maximum absolute atomic E-state index is 12.0. The van der Waals surface area contributed by atoms with Gasteiger partial charge in [-0.15, -0.1) is 0 Å². The first-order valence-corrected chi connectivity index (χ1v) is 10.7. The number of ether oxygens (including phenoxy) is 2. The van der Waals surface area contributed by atoms with Crippen LogP contribution >= 0.6 is 0 Å². The average molecular weight is 408 g/mol. The van der Waals surface area contributed by atoms with E-state index in [0.29, 0.717) is 0 Å². The molecular formula is C26H33NO3. The van der Waals surface area contributed by atoms with Crippen molar-refractivity contribution in [3.8, 4) is 5.75 Å². The van der Waals surface area contributed by atoms with Crippen LogP contribution in [0.2, 0.25) is 0 Å². The quantitative estimate of drug-likeness (QED) is 0.593. The molecule has 0 N–H and O–H groups in total. The highest BCUT2D eigenvalue weighted by molar-refractivity contribution is 5.85. The van der Waals surface area contributed by atoms with Gasteiger partial charge in [0.15, 0.2) is 0 Å². The number of methoxy groups -OCH3 is 2. The van der Waals surface area contributed by atoms with Crippen LogP contribution < -0.4 is 4.74 Å². The summed E-state index contributed by atoms with van der Waals surface area (Å²) < 4.78 is 10.6. The largest absolute Gasteiger partial charge is 0.496 e. The summed E-state index contributed by atoms with van der Waals surface area (Å²) in [7, 11) is 3.20. The molecule has 0 saturated carbocycles. The van der Waals surface area contributed by atoms with Crippen LogP contribution in [-0.4, -0.2) is 44.7 Å². The highest BCUT2D eigenvalue weighted by Gasteiger charge is 2.29. The van der Waals surface area contributed by atoms with Crippen molar-refractivity contribution >= 4 is 11.5 Å². The second kappa shape index (κ2) is 9.94. The first kappa shape index (κ1) is 22.1. The number of carbonyl (C=O) groups excluding carboxylic acids is 1. The summed E-state index contributed by atoms with van der Waals surface area (Å²) >= 11 is 0. The van der Waals surface area contributed by atoms with Gasteiger partial charge in [0.05, 0.1) is 19.6 Å². The van der Waals surface area contributed by atoms with E-state index in [4.69, 9.17) is 9.47 Å². The number of piperidine rings is 1. The molecule has 0 atom stereocenters. The standard InChI is InChI=1S/C26H33NO3/c1-26(2,25(28)30-4)16-19-27-17-14-21(15-18-27)24(20-10-6-5-7-11-20)22-12-8-9-13-23(22)29-3/h5-13H,14-19H2,1-4H3. The molecule has 0 bridgehead atoms. The fourth-order valence-electron chi connectivity index (χ4n) is 4.12. The van der Waals surface area contributed by atoms with Crippen molar-refractivity contribution in [3.05, 3.63) is 71.3 Å². The summed E-state index contributed by atoms with van der Waals surface area (Å²) in [4.78, 5) is 14.4. The van der Waals surface area contributed by atoms with Gasteiger partial charge < -0.3 is 14.4 Å². The Kier molecular flexibility index (Phi) is 7.33. The lowest BCUT2D eigenvalue weighted by Crippen LogP contribution is -2.36. The van der Waals surface area contributed by atoms with Crippen LogP contribution in [-0.2, 0) is 9.53 Å². The number of rotatable bonds is 7. The molecule has 2 aromatic rings. The van der Waals surface area contributed by atoms with E-state index in [-0.39, 0.29) is 5.97 Å². The molecule has 0 amide bonds. The molecule has 1 heterocycles. The van der Waals surface area contributed by atoms with E-state index in [1.807, 2.05) is 26.0 Å². The molecule has 30 heavy (non-hydrogen) atoms. The zero-order valence-corrected chi connectivity index (χ0v) is 18.6. The molecule has 1 aliphatic rings. The highest BCUT2D eigenvalue weighted by atomic mass is 16.5. The van der Waals surface area contributed by atoms with E-state index < -0.39 is 5.41 Å². The molecule has 3 rings (SSSR count). The molecule has 160 valence electrons. The van der Waals surface area contributed by atoms with E-state index in [0.717, 1.165) is 50.2 Å². The Morgan fingerprint density at radius 2 is 1.60 bits per heavy atom. The molecule has 0 aromatic heterocycles. The fourth-order valence-corrected chi connectivity index (χ4v) is 4.12. The lowest BCUT2D eigenvalue weighted by molar-refractivity contribution is -0.151. The van der Waals surface area contributed by atoms with E-state index >= 15 is 0 Å². The maximum Gasteiger partial charge on any atom is 0.311 e. The fraction of sp³-hybridized carbons (Fsp3) is 0.423. The Morgan fingerprint density at radius 1 is 0.967 bits per heavy atom. The SMILES string of the molecule is COC(=O)C(C)(C)CCN1CCC(=C(c2ccccc2)c2ccccc2OC)CC1. The van der Waals surface area contributed by atoms with Crippen LogP contribution in [0.5, 0.6) is 5.75 Å². The molecule has 0 unspecified atom stereocenters. The van der Waals surface area contributed by atoms with Crippen molar-refractivity contribution in [2.45, 2.75) is 33.1 Å². The second-order valence-electron chi connectivity index (χ2n) is 8.51. The Hall–Kier alpha value is -2.59. The van der Waals surface area contributed by atoms with Crippen molar-refractivity contribution in [2.75, 3.05) is 33.9 Å². The molecule has 0 radical (unpaired) electrons. The van der Waals surface area contributed by atoms with Gasteiger partial charge in [0.2, 0.25) is 0 Å². The predicted octanol–water partition coefficient (Wildman–Crippen LogP) is 5.18. The van der Waals surface area contributed by atoms with Gasteiger partial charge in [0.1, 0.15) is 5.75 Å². The number of benzene rings is 2. The normalized spacial score (nSPS) is 15.0. The molecule has 1 saturated heterocycles. The molecule has 1 aliphatic heterocycles. The minimum Gasteiger partial charge on any atom is -0.496 e. The van der Waals surface area contributed by atoms with Gasteiger partial charge in [-0.05, 0) is 56.9 Å². The van der Waals surface area contributed by atoms with Gasteiger partial charge in [-0.25, -0.2) is 0 Å². The smallest absolute Gasteiger partial charge is 0.311 e. The number of hydrogen-bond donors (Lipinski definition) is 0. The Labute approximate surface area is 180 Å². The average Bonchev–Trinajstić information content (AvgIpc) is 2.79. The predicted molar refractivity (Wildman–Crippen MR) is 122 cm³/mol. The van der Waals surface area contributed by atoms with Crippen LogP contribution in [0.25, 0.3) is 5.57 Å². The molecule has 2 aromatic carbocycles. The topological polar surface area (TPSA) is 38.8 Å². The number of nitrogens with zero attached hydrogens (tertiary/aromatic N) is 1. The lowest BCUT2D eigenvalue weighted by Gasteiger charge is -2.32. The molecule has 4 heteroatoms. The van der Waals surface area contributed by atoms with Gasteiger partial charge >= 0.3 is 5.97 Å². The minimum absolute atomic E-state index is 0.136. The second-order valence-corrected chi connectivity index (χ2v) is 8.51. The van der Waals surface area contributed by atoms with E-state index in [2.05, 4.69) is 47.4 Å². The molecule has 0 aliphatic carbocycles. The first-order chi connectivity index (χ1) is 14.5. The van der Waals surface area contributed by atoms with Crippen LogP contribution in [0.1, 0.15) is 44.2 Å². The van der Waals surface area contributed by atoms with Crippen LogP contribution in [0.4, 0.5) is 0 Å². The van der Waals surface area contributed by atoms with Crippen molar-refractivity contribution in [1.82, 2.24) is 4.90 Å². The zero-order valence-electron chi connectivity index (χ0n) is 18.6. The number of esters is 1. The minimum atomic E-state index is -0.447. The van der Waals surface area contributed by atoms with Crippen LogP contribution in [0.15, 0.2) is 60.2 Å². The first-order valence-electron chi connectivity index (χ1n) is 10.7. The third-order valence-corrected chi connectivity index (χ3v) is 6.04. The van der Waals surface area contributed by atoms with Crippen LogP contribution in [0, 0.1) is 5.41 Å². The summed E-state index contributed by atoms with van der Waals surface area (Å²) in [5.74, 6) is 0.772. The maximum atomic E-state index is 12.0. The molecular weight excluding hydrogens is 374 g/mol. The summed E-state index contributed by atoms with van der Waals surface area (Å²) in [6, 6.07) is 18.9. The van der Waals surface area contributed by atoms with Gasteiger partial charge in [-0.1, -0.05) is 54.1 Å². The monoisotopic (exact) mass is 407 g/mol. The summed E-state index contributed by atoms with van der Waals surface area (Å²) in [6.45, 7) is 6.83. The van der Waals surface area contributed by atoms with Crippen LogP contribution in [0.3, 0.4) is 0 Å². The van der Waals surface area contributed by atoms with Crippen molar-refractivity contribution in [1.29, 1.82) is 0 Å². The molecule has 4 nitrogen and oxygen atoms in total. The third-order valence-electron chi connectivity index (χ3n) is 6.04. The summed E-state index contributed by atoms with van der Waals surface area (Å²) in [5.41, 5.74) is 4.70.